The van der Waals surface area contributed by atoms with E-state index in [4.69, 9.17) is 5.26 Å². The third-order valence-corrected chi connectivity index (χ3v) is 2.17. The molecule has 14 heavy (non-hydrogen) atoms. The van der Waals surface area contributed by atoms with Crippen LogP contribution in [-0.4, -0.2) is 4.98 Å². The molecule has 1 heterocycles. The van der Waals surface area contributed by atoms with Crippen LogP contribution < -0.4 is 0 Å². The van der Waals surface area contributed by atoms with Crippen LogP contribution in [0.2, 0.25) is 0 Å². The second-order valence-corrected chi connectivity index (χ2v) is 3.21. The van der Waals surface area contributed by atoms with E-state index in [2.05, 4.69) is 20.9 Å². The summed E-state index contributed by atoms with van der Waals surface area (Å²) in [6, 6.07) is 2.61. The molecule has 0 radical (unpaired) electrons. The van der Waals surface area contributed by atoms with Crippen molar-refractivity contribution in [2.75, 3.05) is 0 Å². The Morgan fingerprint density at radius 3 is 2.71 bits per heavy atom. The van der Waals surface area contributed by atoms with E-state index in [0.29, 0.717) is 0 Å². The monoisotopic (exact) mass is 264 g/mol. The molecule has 0 atom stereocenters. The molecule has 1 aromatic heterocycles. The summed E-state index contributed by atoms with van der Waals surface area (Å²) in [4.78, 5) is 3.23. The number of rotatable bonds is 2. The molecule has 0 bridgehead atoms. The van der Waals surface area contributed by atoms with Crippen molar-refractivity contribution in [1.82, 2.24) is 4.98 Å². The van der Waals surface area contributed by atoms with Crippen LogP contribution in [0.1, 0.15) is 17.6 Å². The van der Waals surface area contributed by atoms with Crippen molar-refractivity contribution >= 4 is 15.9 Å². The molecular formula is C8H4BrF3N2. The summed E-state index contributed by atoms with van der Waals surface area (Å²) < 4.78 is 37.3. The summed E-state index contributed by atoms with van der Waals surface area (Å²) in [5.41, 5.74) is -0.525. The van der Waals surface area contributed by atoms with Crippen molar-refractivity contribution in [3.8, 4) is 6.07 Å². The zero-order valence-electron chi connectivity index (χ0n) is 6.77. The number of halogens is 4. The summed E-state index contributed by atoms with van der Waals surface area (Å²) in [5, 5.41) is 8.30. The second-order valence-electron chi connectivity index (χ2n) is 2.45. The summed E-state index contributed by atoms with van der Waals surface area (Å²) in [5.74, 6) is -0.900. The number of hydrogen-bond acceptors (Lipinski definition) is 2. The van der Waals surface area contributed by atoms with Gasteiger partial charge in [-0.1, -0.05) is 0 Å². The Labute approximate surface area is 86.5 Å². The summed E-state index contributed by atoms with van der Waals surface area (Å²) in [6.45, 7) is 0. The van der Waals surface area contributed by atoms with Crippen molar-refractivity contribution in [3.63, 3.8) is 0 Å². The molecule has 1 rings (SSSR count). The zero-order valence-corrected chi connectivity index (χ0v) is 8.35. The van der Waals surface area contributed by atoms with Gasteiger partial charge >= 0.3 is 0 Å². The van der Waals surface area contributed by atoms with Gasteiger partial charge in [-0.3, -0.25) is 0 Å². The average molecular weight is 265 g/mol. The number of nitrogens with zero attached hydrogens (tertiary/aromatic N) is 2. The first-order chi connectivity index (χ1) is 6.56. The van der Waals surface area contributed by atoms with Gasteiger partial charge in [0.2, 0.25) is 5.95 Å². The molecule has 0 aliphatic carbocycles. The van der Waals surface area contributed by atoms with Gasteiger partial charge in [0.25, 0.3) is 6.43 Å². The molecule has 0 aliphatic rings. The minimum atomic E-state index is -2.74. The van der Waals surface area contributed by atoms with Gasteiger partial charge in [-0.25, -0.2) is 13.8 Å². The van der Waals surface area contributed by atoms with E-state index in [9.17, 15) is 13.2 Å². The lowest BCUT2D eigenvalue weighted by molar-refractivity contribution is 0.149. The van der Waals surface area contributed by atoms with Gasteiger partial charge < -0.3 is 0 Å². The Morgan fingerprint density at radius 2 is 2.21 bits per heavy atom. The Morgan fingerprint density at radius 1 is 1.57 bits per heavy atom. The minimum absolute atomic E-state index is 0.119. The maximum absolute atomic E-state index is 12.9. The fraction of sp³-hybridized carbons (Fsp3) is 0.250. The van der Waals surface area contributed by atoms with Gasteiger partial charge in [0.1, 0.15) is 4.60 Å². The van der Waals surface area contributed by atoms with E-state index in [1.807, 2.05) is 0 Å². The van der Waals surface area contributed by atoms with Gasteiger partial charge in [-0.05, 0) is 22.0 Å². The minimum Gasteiger partial charge on any atom is -0.212 e. The first-order valence-corrected chi connectivity index (χ1v) is 4.35. The highest BCUT2D eigenvalue weighted by Gasteiger charge is 2.16. The highest BCUT2D eigenvalue weighted by molar-refractivity contribution is 9.10. The molecule has 0 amide bonds. The summed E-state index contributed by atoms with van der Waals surface area (Å²) in [7, 11) is 0. The molecule has 0 spiro atoms. The van der Waals surface area contributed by atoms with E-state index < -0.39 is 17.9 Å². The van der Waals surface area contributed by atoms with Crippen molar-refractivity contribution in [2.24, 2.45) is 0 Å². The first kappa shape index (κ1) is 11.0. The normalized spacial score (nSPS) is 10.3. The van der Waals surface area contributed by atoms with Crippen LogP contribution in [0.25, 0.3) is 0 Å². The van der Waals surface area contributed by atoms with Crippen LogP contribution in [-0.2, 0) is 6.42 Å². The van der Waals surface area contributed by atoms with E-state index in [0.717, 1.165) is 6.07 Å². The summed E-state index contributed by atoms with van der Waals surface area (Å²) in [6.07, 6.45) is -3.01. The quantitative estimate of drug-likeness (QED) is 0.771. The average Bonchev–Trinajstić information content (AvgIpc) is 2.09. The Kier molecular flexibility index (Phi) is 3.47. The SMILES string of the molecule is N#CCc1cc(C(F)F)c(Br)nc1F. The maximum Gasteiger partial charge on any atom is 0.266 e. The molecule has 0 fully saturated rings. The number of alkyl halides is 2. The Balaban J connectivity index is 3.21. The zero-order chi connectivity index (χ0) is 10.7. The largest absolute Gasteiger partial charge is 0.266 e. The molecular weight excluding hydrogens is 261 g/mol. The third kappa shape index (κ3) is 2.23. The van der Waals surface area contributed by atoms with Crippen LogP contribution in [0.15, 0.2) is 10.7 Å². The van der Waals surface area contributed by atoms with Gasteiger partial charge in [-0.15, -0.1) is 0 Å². The van der Waals surface area contributed by atoms with E-state index in [1.165, 1.54) is 0 Å². The fourth-order valence-electron chi connectivity index (χ4n) is 0.892. The number of nitriles is 1. The van der Waals surface area contributed by atoms with Crippen LogP contribution >= 0.6 is 15.9 Å². The standard InChI is InChI=1S/C8H4BrF3N2/c9-6-5(7(10)11)3-4(1-2-13)8(12)14-6/h3,7H,1H2. The lowest BCUT2D eigenvalue weighted by Gasteiger charge is -2.04. The van der Waals surface area contributed by atoms with E-state index >= 15 is 0 Å². The lowest BCUT2D eigenvalue weighted by Crippen LogP contribution is -1.99. The molecule has 6 heteroatoms. The Bertz CT molecular complexity index is 387. The molecule has 0 saturated heterocycles. The van der Waals surface area contributed by atoms with Gasteiger partial charge in [0.15, 0.2) is 0 Å². The summed E-state index contributed by atoms with van der Waals surface area (Å²) >= 11 is 2.72. The molecule has 0 saturated carbocycles. The molecule has 0 aliphatic heterocycles. The predicted molar refractivity (Wildman–Crippen MR) is 46.2 cm³/mol. The first-order valence-electron chi connectivity index (χ1n) is 3.56. The topological polar surface area (TPSA) is 36.7 Å². The highest BCUT2D eigenvalue weighted by Crippen LogP contribution is 2.27. The van der Waals surface area contributed by atoms with Crippen LogP contribution in [0.4, 0.5) is 13.2 Å². The van der Waals surface area contributed by atoms with Gasteiger partial charge in [-0.2, -0.15) is 9.65 Å². The number of aromatic nitrogens is 1. The Hall–Kier alpha value is -1.09. The van der Waals surface area contributed by atoms with Gasteiger partial charge in [0.05, 0.1) is 18.1 Å². The number of pyridine rings is 1. The lowest BCUT2D eigenvalue weighted by atomic mass is 10.1. The molecule has 2 nitrogen and oxygen atoms in total. The predicted octanol–water partition coefficient (Wildman–Crippen LogP) is 2.99. The van der Waals surface area contributed by atoms with Crippen LogP contribution in [0.3, 0.4) is 0 Å². The number of hydrogen-bond donors (Lipinski definition) is 0. The van der Waals surface area contributed by atoms with Crippen LogP contribution in [0, 0.1) is 17.3 Å². The smallest absolute Gasteiger partial charge is 0.212 e. The van der Waals surface area contributed by atoms with Crippen molar-refractivity contribution in [1.29, 1.82) is 5.26 Å². The molecule has 74 valence electrons. The fourth-order valence-corrected chi connectivity index (χ4v) is 1.33. The third-order valence-electron chi connectivity index (χ3n) is 1.53. The molecule has 0 unspecified atom stereocenters. The second kappa shape index (κ2) is 4.42. The van der Waals surface area contributed by atoms with Crippen LogP contribution in [0.5, 0.6) is 0 Å². The van der Waals surface area contributed by atoms with Crippen molar-refractivity contribution < 1.29 is 13.2 Å². The van der Waals surface area contributed by atoms with Crippen molar-refractivity contribution in [3.05, 3.63) is 27.7 Å². The van der Waals surface area contributed by atoms with E-state index in [-0.39, 0.29) is 16.6 Å². The van der Waals surface area contributed by atoms with E-state index in [1.54, 1.807) is 6.07 Å². The van der Waals surface area contributed by atoms with Crippen molar-refractivity contribution in [2.45, 2.75) is 12.8 Å². The molecule has 1 aromatic rings. The highest BCUT2D eigenvalue weighted by atomic mass is 79.9. The maximum atomic E-state index is 12.9. The van der Waals surface area contributed by atoms with Gasteiger partial charge in [0, 0.05) is 5.56 Å². The molecule has 0 aromatic carbocycles. The molecule has 0 N–H and O–H groups in total.